The maximum Gasteiger partial charge on any atom is 0.341 e. The van der Waals surface area contributed by atoms with Crippen LogP contribution in [0.1, 0.15) is 43.6 Å². The molecule has 0 aromatic carbocycles. The molecule has 0 aliphatic heterocycles. The zero-order valence-electron chi connectivity index (χ0n) is 18.0. The van der Waals surface area contributed by atoms with Crippen LogP contribution in [0, 0.1) is 5.92 Å². The zero-order chi connectivity index (χ0) is 22.4. The van der Waals surface area contributed by atoms with Gasteiger partial charge < -0.3 is 14.5 Å². The van der Waals surface area contributed by atoms with Crippen molar-refractivity contribution >= 4 is 40.0 Å². The van der Waals surface area contributed by atoms with Gasteiger partial charge in [0.15, 0.2) is 16.7 Å². The molecule has 0 aliphatic carbocycles. The molecule has 0 fully saturated rings. The quantitative estimate of drug-likeness (QED) is 0.344. The summed E-state index contributed by atoms with van der Waals surface area (Å²) in [6.07, 6.45) is 2.32. The Labute approximate surface area is 189 Å². The monoisotopic (exact) mass is 462 g/mol. The summed E-state index contributed by atoms with van der Waals surface area (Å²) >= 11 is 2.63. The Morgan fingerprint density at radius 2 is 2.13 bits per heavy atom. The van der Waals surface area contributed by atoms with Gasteiger partial charge in [0.05, 0.1) is 24.2 Å². The molecule has 31 heavy (non-hydrogen) atoms. The molecule has 0 bridgehead atoms. The minimum absolute atomic E-state index is 0.135. The number of hydrogen-bond acceptors (Lipinski definition) is 8. The topological polar surface area (TPSA) is 99.2 Å². The van der Waals surface area contributed by atoms with E-state index in [1.54, 1.807) is 19.3 Å². The summed E-state index contributed by atoms with van der Waals surface area (Å²) < 4.78 is 12.5. The summed E-state index contributed by atoms with van der Waals surface area (Å²) in [4.78, 5) is 25.1. The smallest absolute Gasteiger partial charge is 0.341 e. The lowest BCUT2D eigenvalue weighted by atomic mass is 10.0. The minimum atomic E-state index is -0.406. The molecule has 3 aromatic rings. The van der Waals surface area contributed by atoms with Gasteiger partial charge in [-0.1, -0.05) is 25.6 Å². The van der Waals surface area contributed by atoms with Crippen LogP contribution in [-0.4, -0.2) is 39.0 Å². The molecule has 0 saturated carbocycles. The fraction of sp³-hybridized carbons (Fsp3) is 0.429. The second-order valence-corrected chi connectivity index (χ2v) is 8.97. The van der Waals surface area contributed by atoms with E-state index in [1.807, 2.05) is 22.9 Å². The van der Waals surface area contributed by atoms with Crippen molar-refractivity contribution in [3.8, 4) is 11.6 Å². The number of amides is 1. The summed E-state index contributed by atoms with van der Waals surface area (Å²) in [5.74, 6) is 1.13. The molecule has 0 unspecified atom stereocenters. The van der Waals surface area contributed by atoms with Crippen molar-refractivity contribution in [2.24, 2.45) is 5.92 Å². The maximum absolute atomic E-state index is 12.6. The molecule has 3 aromatic heterocycles. The molecule has 3 heterocycles. The second kappa shape index (κ2) is 10.6. The van der Waals surface area contributed by atoms with Crippen LogP contribution in [-0.2, 0) is 22.5 Å². The number of carbonyl (C=O) groups excluding carboxylic acids is 2. The van der Waals surface area contributed by atoms with Gasteiger partial charge in [-0.25, -0.2) is 4.79 Å². The van der Waals surface area contributed by atoms with Crippen LogP contribution >= 0.6 is 23.1 Å². The van der Waals surface area contributed by atoms with Crippen LogP contribution < -0.4 is 5.32 Å². The van der Waals surface area contributed by atoms with Gasteiger partial charge in [0.25, 0.3) is 0 Å². The van der Waals surface area contributed by atoms with E-state index in [2.05, 4.69) is 29.4 Å². The number of carbonyl (C=O) groups is 2. The van der Waals surface area contributed by atoms with Crippen LogP contribution in [0.3, 0.4) is 0 Å². The third kappa shape index (κ3) is 5.56. The van der Waals surface area contributed by atoms with Gasteiger partial charge in [0.2, 0.25) is 5.91 Å². The Morgan fingerprint density at radius 3 is 2.77 bits per heavy atom. The lowest BCUT2D eigenvalue weighted by molar-refractivity contribution is -0.113. The number of thiophene rings is 1. The lowest BCUT2D eigenvalue weighted by Crippen LogP contribution is -2.17. The van der Waals surface area contributed by atoms with Gasteiger partial charge in [0.1, 0.15) is 5.00 Å². The molecule has 0 spiro atoms. The molecule has 0 atom stereocenters. The Bertz CT molecular complexity index is 1020. The Kier molecular flexibility index (Phi) is 7.91. The number of furan rings is 1. The normalized spacial score (nSPS) is 11.1. The fourth-order valence-electron chi connectivity index (χ4n) is 3.06. The summed E-state index contributed by atoms with van der Waals surface area (Å²) in [6, 6.07) is 3.61. The second-order valence-electron chi connectivity index (χ2n) is 7.15. The lowest BCUT2D eigenvalue weighted by Gasteiger charge is -2.10. The van der Waals surface area contributed by atoms with Gasteiger partial charge in [-0.2, -0.15) is 0 Å². The van der Waals surface area contributed by atoms with Gasteiger partial charge in [0, 0.05) is 6.54 Å². The predicted molar refractivity (Wildman–Crippen MR) is 122 cm³/mol. The van der Waals surface area contributed by atoms with Crippen molar-refractivity contribution in [1.82, 2.24) is 14.8 Å². The van der Waals surface area contributed by atoms with E-state index in [-0.39, 0.29) is 18.3 Å². The van der Waals surface area contributed by atoms with E-state index < -0.39 is 5.97 Å². The van der Waals surface area contributed by atoms with Crippen LogP contribution in [0.4, 0.5) is 5.00 Å². The number of nitrogens with zero attached hydrogens (tertiary/aromatic N) is 3. The molecule has 1 N–H and O–H groups in total. The highest BCUT2D eigenvalue weighted by molar-refractivity contribution is 7.99. The maximum atomic E-state index is 12.6. The van der Waals surface area contributed by atoms with Crippen LogP contribution in [0.2, 0.25) is 0 Å². The standard InChI is InChI=1S/C21H26N4O4S2/c1-5-25-18(15-8-7-9-29-15)23-24-21(25)31-12-16(26)22-19-17(20(27)28-6-2)14(11-30-19)10-13(3)4/h7-9,11,13H,5-6,10,12H2,1-4H3,(H,22,26). The third-order valence-corrected chi connectivity index (χ3v) is 6.25. The van der Waals surface area contributed by atoms with Crippen molar-refractivity contribution in [3.05, 3.63) is 34.9 Å². The highest BCUT2D eigenvalue weighted by Crippen LogP contribution is 2.31. The van der Waals surface area contributed by atoms with E-state index in [0.717, 1.165) is 12.0 Å². The van der Waals surface area contributed by atoms with Crippen molar-refractivity contribution < 1.29 is 18.7 Å². The molecule has 1 amide bonds. The first kappa shape index (κ1) is 23.1. The molecule has 0 aliphatic rings. The zero-order valence-corrected chi connectivity index (χ0v) is 19.6. The first-order chi connectivity index (χ1) is 14.9. The van der Waals surface area contributed by atoms with Crippen LogP contribution in [0.15, 0.2) is 33.3 Å². The number of rotatable bonds is 10. The SMILES string of the molecule is CCOC(=O)c1c(CC(C)C)csc1NC(=O)CSc1nnc(-c2ccco2)n1CC. The van der Waals surface area contributed by atoms with Crippen LogP contribution in [0.25, 0.3) is 11.6 Å². The molecule has 0 saturated heterocycles. The number of thioether (sulfide) groups is 1. The highest BCUT2D eigenvalue weighted by Gasteiger charge is 2.23. The van der Waals surface area contributed by atoms with Gasteiger partial charge >= 0.3 is 5.97 Å². The molecule has 8 nitrogen and oxygen atoms in total. The summed E-state index contributed by atoms with van der Waals surface area (Å²) in [5, 5.41) is 14.3. The Balaban J connectivity index is 1.70. The Morgan fingerprint density at radius 1 is 1.32 bits per heavy atom. The van der Waals surface area contributed by atoms with E-state index in [1.165, 1.54) is 23.1 Å². The number of hydrogen-bond donors (Lipinski definition) is 1. The average molecular weight is 463 g/mol. The number of aromatic nitrogens is 3. The number of esters is 1. The van der Waals surface area contributed by atoms with E-state index >= 15 is 0 Å². The minimum Gasteiger partial charge on any atom is -0.462 e. The van der Waals surface area contributed by atoms with Crippen LogP contribution in [0.5, 0.6) is 0 Å². The largest absolute Gasteiger partial charge is 0.462 e. The number of nitrogens with one attached hydrogen (secondary N) is 1. The summed E-state index contributed by atoms with van der Waals surface area (Å²) in [6.45, 7) is 8.84. The molecule has 0 radical (unpaired) electrons. The summed E-state index contributed by atoms with van der Waals surface area (Å²) in [5.41, 5.74) is 1.35. The van der Waals surface area contributed by atoms with Gasteiger partial charge in [-0.15, -0.1) is 21.5 Å². The van der Waals surface area contributed by atoms with Crippen molar-refractivity contribution in [2.45, 2.75) is 45.8 Å². The van der Waals surface area contributed by atoms with Gasteiger partial charge in [-0.3, -0.25) is 9.36 Å². The van der Waals surface area contributed by atoms with Crippen molar-refractivity contribution in [1.29, 1.82) is 0 Å². The average Bonchev–Trinajstić information content (AvgIpc) is 3.45. The van der Waals surface area contributed by atoms with Crippen molar-refractivity contribution in [2.75, 3.05) is 17.7 Å². The first-order valence-electron chi connectivity index (χ1n) is 10.1. The summed E-state index contributed by atoms with van der Waals surface area (Å²) in [7, 11) is 0. The number of ether oxygens (including phenoxy) is 1. The van der Waals surface area contributed by atoms with E-state index in [0.29, 0.717) is 39.8 Å². The first-order valence-corrected chi connectivity index (χ1v) is 12.0. The van der Waals surface area contributed by atoms with Gasteiger partial charge in [-0.05, 0) is 49.3 Å². The Hall–Kier alpha value is -2.59. The fourth-order valence-corrected chi connectivity index (χ4v) is 4.85. The molecular weight excluding hydrogens is 436 g/mol. The van der Waals surface area contributed by atoms with Crippen molar-refractivity contribution in [3.63, 3.8) is 0 Å². The van der Waals surface area contributed by atoms with E-state index in [9.17, 15) is 9.59 Å². The molecular formula is C21H26N4O4S2. The molecule has 166 valence electrons. The molecule has 10 heteroatoms. The molecule has 3 rings (SSSR count). The number of anilines is 1. The highest BCUT2D eigenvalue weighted by atomic mass is 32.2. The predicted octanol–water partition coefficient (Wildman–Crippen LogP) is 4.73. The third-order valence-electron chi connectivity index (χ3n) is 4.33. The van der Waals surface area contributed by atoms with E-state index in [4.69, 9.17) is 9.15 Å².